The van der Waals surface area contributed by atoms with Gasteiger partial charge in [0.2, 0.25) is 0 Å². The fourth-order valence-corrected chi connectivity index (χ4v) is 1.68. The van der Waals surface area contributed by atoms with Gasteiger partial charge in [-0.2, -0.15) is 0 Å². The van der Waals surface area contributed by atoms with Crippen molar-refractivity contribution in [2.24, 2.45) is 0 Å². The maximum Gasteiger partial charge on any atom is 0.0708 e. The zero-order chi connectivity index (χ0) is 9.42. The van der Waals surface area contributed by atoms with E-state index in [1.54, 1.807) is 0 Å². The molecule has 1 aromatic carbocycles. The molecule has 0 amide bonds. The Labute approximate surface area is 78.4 Å². The number of hydrogen-bond acceptors (Lipinski definition) is 1. The number of benzene rings is 1. The normalized spacial score (nSPS) is 10.7. The van der Waals surface area contributed by atoms with E-state index in [1.165, 1.54) is 16.5 Å². The lowest BCUT2D eigenvalue weighted by Gasteiger charge is -2.03. The van der Waals surface area contributed by atoms with E-state index in [-0.39, 0.29) is 0 Å². The molecule has 1 aromatic heterocycles. The number of aryl methyl sites for hydroxylation is 3. The molecule has 1 heteroatoms. The van der Waals surface area contributed by atoms with Crippen LogP contribution in [0.5, 0.6) is 0 Å². The Balaban J connectivity index is 2.87. The molecule has 0 radical (unpaired) electrons. The van der Waals surface area contributed by atoms with Crippen LogP contribution in [0.1, 0.15) is 16.8 Å². The van der Waals surface area contributed by atoms with Gasteiger partial charge in [0.15, 0.2) is 0 Å². The van der Waals surface area contributed by atoms with E-state index in [1.807, 2.05) is 6.92 Å². The van der Waals surface area contributed by atoms with Crippen LogP contribution < -0.4 is 0 Å². The lowest BCUT2D eigenvalue weighted by atomic mass is 10.1. The van der Waals surface area contributed by atoms with Crippen LogP contribution in [0, 0.1) is 20.8 Å². The van der Waals surface area contributed by atoms with E-state index in [4.69, 9.17) is 0 Å². The standard InChI is InChI=1S/C12H13N/c1-8-4-5-12-11(6-8)9(2)7-10(3)13-12/h4-7H,1-3H3. The molecule has 13 heavy (non-hydrogen) atoms. The van der Waals surface area contributed by atoms with E-state index in [0.717, 1.165) is 11.2 Å². The van der Waals surface area contributed by atoms with Gasteiger partial charge in [-0.05, 0) is 44.5 Å². The Bertz CT molecular complexity index is 458. The first-order valence-electron chi connectivity index (χ1n) is 4.51. The summed E-state index contributed by atoms with van der Waals surface area (Å²) in [4.78, 5) is 4.48. The Morgan fingerprint density at radius 2 is 1.77 bits per heavy atom. The highest BCUT2D eigenvalue weighted by atomic mass is 14.7. The van der Waals surface area contributed by atoms with Crippen LogP contribution in [-0.2, 0) is 0 Å². The van der Waals surface area contributed by atoms with Crippen molar-refractivity contribution in [3.8, 4) is 0 Å². The molecule has 1 nitrogen and oxygen atoms in total. The molecular weight excluding hydrogens is 158 g/mol. The van der Waals surface area contributed by atoms with Crippen LogP contribution in [0.3, 0.4) is 0 Å². The summed E-state index contributed by atoms with van der Waals surface area (Å²) in [5, 5.41) is 1.27. The van der Waals surface area contributed by atoms with E-state index >= 15 is 0 Å². The summed E-state index contributed by atoms with van der Waals surface area (Å²) < 4.78 is 0. The van der Waals surface area contributed by atoms with Gasteiger partial charge in [0.25, 0.3) is 0 Å². The zero-order valence-electron chi connectivity index (χ0n) is 8.26. The average Bonchev–Trinajstić information content (AvgIpc) is 2.06. The van der Waals surface area contributed by atoms with Crippen molar-refractivity contribution in [2.75, 3.05) is 0 Å². The molecule has 0 saturated carbocycles. The van der Waals surface area contributed by atoms with Crippen molar-refractivity contribution in [3.63, 3.8) is 0 Å². The number of nitrogens with zero attached hydrogens (tertiary/aromatic N) is 1. The summed E-state index contributed by atoms with van der Waals surface area (Å²) in [5.41, 5.74) is 4.80. The van der Waals surface area contributed by atoms with Crippen LogP contribution in [0.4, 0.5) is 0 Å². The molecule has 66 valence electrons. The third kappa shape index (κ3) is 1.42. The third-order valence-corrected chi connectivity index (χ3v) is 2.30. The Morgan fingerprint density at radius 3 is 2.54 bits per heavy atom. The van der Waals surface area contributed by atoms with Crippen LogP contribution in [-0.4, -0.2) is 4.98 Å². The minimum Gasteiger partial charge on any atom is -0.253 e. The summed E-state index contributed by atoms with van der Waals surface area (Å²) in [5.74, 6) is 0. The minimum absolute atomic E-state index is 1.09. The molecule has 0 fully saturated rings. The number of pyridine rings is 1. The van der Waals surface area contributed by atoms with Crippen molar-refractivity contribution < 1.29 is 0 Å². The Morgan fingerprint density at radius 1 is 1.00 bits per heavy atom. The number of fused-ring (bicyclic) bond motifs is 1. The van der Waals surface area contributed by atoms with Gasteiger partial charge >= 0.3 is 0 Å². The van der Waals surface area contributed by atoms with Crippen LogP contribution in [0.15, 0.2) is 24.3 Å². The third-order valence-electron chi connectivity index (χ3n) is 2.30. The van der Waals surface area contributed by atoms with Gasteiger partial charge in [0.1, 0.15) is 0 Å². The average molecular weight is 171 g/mol. The summed E-state index contributed by atoms with van der Waals surface area (Å²) in [7, 11) is 0. The van der Waals surface area contributed by atoms with Crippen LogP contribution >= 0.6 is 0 Å². The summed E-state index contributed by atoms with van der Waals surface area (Å²) >= 11 is 0. The van der Waals surface area contributed by atoms with Crippen LogP contribution in [0.2, 0.25) is 0 Å². The molecule has 0 saturated heterocycles. The fraction of sp³-hybridized carbons (Fsp3) is 0.250. The molecule has 0 bridgehead atoms. The molecule has 0 unspecified atom stereocenters. The first-order valence-corrected chi connectivity index (χ1v) is 4.51. The maximum absolute atomic E-state index is 4.48. The van der Waals surface area contributed by atoms with Gasteiger partial charge in [-0.3, -0.25) is 4.98 Å². The Kier molecular flexibility index (Phi) is 1.80. The smallest absolute Gasteiger partial charge is 0.0708 e. The monoisotopic (exact) mass is 171 g/mol. The predicted molar refractivity (Wildman–Crippen MR) is 56.0 cm³/mol. The second kappa shape index (κ2) is 2.84. The van der Waals surface area contributed by atoms with E-state index in [0.29, 0.717) is 0 Å². The summed E-state index contributed by atoms with van der Waals surface area (Å²) in [6.45, 7) is 6.28. The van der Waals surface area contributed by atoms with E-state index in [2.05, 4.69) is 43.1 Å². The number of rotatable bonds is 0. The second-order valence-corrected chi connectivity index (χ2v) is 3.60. The topological polar surface area (TPSA) is 12.9 Å². The van der Waals surface area contributed by atoms with Gasteiger partial charge in [-0.1, -0.05) is 11.6 Å². The second-order valence-electron chi connectivity index (χ2n) is 3.60. The van der Waals surface area contributed by atoms with E-state index < -0.39 is 0 Å². The molecule has 2 aromatic rings. The molecule has 0 spiro atoms. The van der Waals surface area contributed by atoms with Gasteiger partial charge in [-0.15, -0.1) is 0 Å². The van der Waals surface area contributed by atoms with Crippen molar-refractivity contribution in [1.29, 1.82) is 0 Å². The van der Waals surface area contributed by atoms with Crippen molar-refractivity contribution >= 4 is 10.9 Å². The minimum atomic E-state index is 1.09. The highest BCUT2D eigenvalue weighted by Crippen LogP contribution is 2.18. The van der Waals surface area contributed by atoms with E-state index in [9.17, 15) is 0 Å². The zero-order valence-corrected chi connectivity index (χ0v) is 8.26. The SMILES string of the molecule is Cc1ccc2nc(C)cc(C)c2c1. The first-order chi connectivity index (χ1) is 6.16. The molecule has 0 aliphatic rings. The molecular formula is C12H13N. The van der Waals surface area contributed by atoms with Gasteiger partial charge in [-0.25, -0.2) is 0 Å². The summed E-state index contributed by atoms with van der Waals surface area (Å²) in [6, 6.07) is 8.51. The molecule has 1 heterocycles. The quantitative estimate of drug-likeness (QED) is 0.593. The Hall–Kier alpha value is -1.37. The molecule has 0 aliphatic carbocycles. The molecule has 0 N–H and O–H groups in total. The molecule has 2 rings (SSSR count). The van der Waals surface area contributed by atoms with Gasteiger partial charge in [0, 0.05) is 11.1 Å². The van der Waals surface area contributed by atoms with Crippen molar-refractivity contribution in [3.05, 3.63) is 41.1 Å². The number of aromatic nitrogens is 1. The first kappa shape index (κ1) is 8.24. The largest absolute Gasteiger partial charge is 0.253 e. The lowest BCUT2D eigenvalue weighted by Crippen LogP contribution is -1.87. The molecule has 0 aliphatic heterocycles. The number of hydrogen-bond donors (Lipinski definition) is 0. The predicted octanol–water partition coefficient (Wildman–Crippen LogP) is 3.16. The highest BCUT2D eigenvalue weighted by Gasteiger charge is 1.99. The van der Waals surface area contributed by atoms with Crippen molar-refractivity contribution in [1.82, 2.24) is 4.98 Å². The maximum atomic E-state index is 4.48. The van der Waals surface area contributed by atoms with Crippen LogP contribution in [0.25, 0.3) is 10.9 Å². The van der Waals surface area contributed by atoms with Gasteiger partial charge in [0.05, 0.1) is 5.52 Å². The molecule has 0 atom stereocenters. The van der Waals surface area contributed by atoms with Crippen molar-refractivity contribution in [2.45, 2.75) is 20.8 Å². The summed E-state index contributed by atoms with van der Waals surface area (Å²) in [6.07, 6.45) is 0. The fourth-order valence-electron chi connectivity index (χ4n) is 1.68. The highest BCUT2D eigenvalue weighted by molar-refractivity contribution is 5.82. The lowest BCUT2D eigenvalue weighted by molar-refractivity contribution is 1.23. The van der Waals surface area contributed by atoms with Gasteiger partial charge < -0.3 is 0 Å².